The summed E-state index contributed by atoms with van der Waals surface area (Å²) < 4.78 is 25.0. The van der Waals surface area contributed by atoms with Crippen molar-refractivity contribution in [1.29, 1.82) is 0 Å². The predicted octanol–water partition coefficient (Wildman–Crippen LogP) is 3.57. The molecule has 26 heavy (non-hydrogen) atoms. The monoisotopic (exact) mass is 408 g/mol. The molecule has 3 rings (SSSR count). The van der Waals surface area contributed by atoms with Crippen molar-refractivity contribution in [3.05, 3.63) is 63.9 Å². The van der Waals surface area contributed by atoms with Crippen LogP contribution in [0, 0.1) is 0 Å². The zero-order valence-electron chi connectivity index (χ0n) is 14.1. The highest BCUT2D eigenvalue weighted by Crippen LogP contribution is 2.22. The van der Waals surface area contributed by atoms with Gasteiger partial charge in [-0.2, -0.15) is 0 Å². The minimum absolute atomic E-state index is 0.0392. The van der Waals surface area contributed by atoms with Crippen LogP contribution in [0.15, 0.2) is 58.5 Å². The van der Waals surface area contributed by atoms with E-state index >= 15 is 0 Å². The van der Waals surface area contributed by atoms with E-state index in [0.29, 0.717) is 32.5 Å². The molecule has 5 nitrogen and oxygen atoms in total. The largest absolute Gasteiger partial charge is 0.268 e. The molecule has 0 bridgehead atoms. The molecule has 2 aromatic carbocycles. The molecule has 136 valence electrons. The van der Waals surface area contributed by atoms with Crippen molar-refractivity contribution >= 4 is 44.1 Å². The van der Waals surface area contributed by atoms with Crippen LogP contribution in [0.25, 0.3) is 16.6 Å². The number of hydrogen-bond acceptors (Lipinski definition) is 5. The fourth-order valence-corrected chi connectivity index (χ4v) is 4.86. The van der Waals surface area contributed by atoms with Gasteiger partial charge in [-0.05, 0) is 36.4 Å². The molecule has 0 saturated carbocycles. The molecule has 0 unspecified atom stereocenters. The molecule has 1 heterocycles. The lowest BCUT2D eigenvalue weighted by Gasteiger charge is -2.13. The first-order valence-electron chi connectivity index (χ1n) is 8.02. The second kappa shape index (κ2) is 7.82. The van der Waals surface area contributed by atoms with E-state index in [1.54, 1.807) is 49.4 Å². The number of thioether (sulfide) groups is 1. The van der Waals surface area contributed by atoms with E-state index in [-0.39, 0.29) is 17.1 Å². The van der Waals surface area contributed by atoms with Crippen LogP contribution in [-0.2, 0) is 9.84 Å². The Labute approximate surface area is 160 Å². The van der Waals surface area contributed by atoms with Gasteiger partial charge in [0.15, 0.2) is 15.0 Å². The molecule has 0 radical (unpaired) electrons. The molecule has 0 aliphatic heterocycles. The van der Waals surface area contributed by atoms with Gasteiger partial charge in [0.1, 0.15) is 0 Å². The molecular formula is C18H17ClN2O3S2. The van der Waals surface area contributed by atoms with E-state index in [4.69, 9.17) is 11.6 Å². The number of hydrogen-bond donors (Lipinski definition) is 0. The second-order valence-corrected chi connectivity index (χ2v) is 9.58. The van der Waals surface area contributed by atoms with E-state index in [0.717, 1.165) is 0 Å². The second-order valence-electron chi connectivity index (χ2n) is 5.61. The number of halogens is 1. The summed E-state index contributed by atoms with van der Waals surface area (Å²) in [5.41, 5.74) is 1.03. The molecule has 0 N–H and O–H groups in total. The highest BCUT2D eigenvalue weighted by atomic mass is 35.5. The average Bonchev–Trinajstić information content (AvgIpc) is 2.63. The molecule has 0 atom stereocenters. The Bertz CT molecular complexity index is 1090. The van der Waals surface area contributed by atoms with Gasteiger partial charge in [0.25, 0.3) is 5.56 Å². The third kappa shape index (κ3) is 4.11. The maximum Gasteiger partial charge on any atom is 0.266 e. The van der Waals surface area contributed by atoms with Crippen LogP contribution in [-0.4, -0.2) is 35.2 Å². The van der Waals surface area contributed by atoms with Crippen molar-refractivity contribution in [1.82, 2.24) is 9.55 Å². The van der Waals surface area contributed by atoms with Crippen molar-refractivity contribution in [2.45, 2.75) is 12.1 Å². The van der Waals surface area contributed by atoms with Gasteiger partial charge < -0.3 is 0 Å². The first-order valence-corrected chi connectivity index (χ1v) is 11.2. The third-order valence-electron chi connectivity index (χ3n) is 3.90. The lowest BCUT2D eigenvalue weighted by Crippen LogP contribution is -2.22. The highest BCUT2D eigenvalue weighted by Gasteiger charge is 2.15. The Hall–Kier alpha value is -1.83. The first-order chi connectivity index (χ1) is 12.4. The molecule has 0 fully saturated rings. The van der Waals surface area contributed by atoms with Crippen LogP contribution in [0.4, 0.5) is 0 Å². The fraction of sp³-hybridized carbons (Fsp3) is 0.222. The summed E-state index contributed by atoms with van der Waals surface area (Å²) in [7, 11) is -3.08. The number of sulfone groups is 1. The average molecular weight is 409 g/mol. The summed E-state index contributed by atoms with van der Waals surface area (Å²) in [6.07, 6.45) is 0. The summed E-state index contributed by atoms with van der Waals surface area (Å²) in [6.45, 7) is 1.62. The van der Waals surface area contributed by atoms with E-state index in [9.17, 15) is 13.2 Å². The number of fused-ring (bicyclic) bond motifs is 1. The summed E-state index contributed by atoms with van der Waals surface area (Å²) >= 11 is 7.21. The predicted molar refractivity (Wildman–Crippen MR) is 107 cm³/mol. The normalized spacial score (nSPS) is 11.8. The number of nitrogens with zero attached hydrogens (tertiary/aromatic N) is 2. The van der Waals surface area contributed by atoms with Crippen LogP contribution in [0.5, 0.6) is 0 Å². The molecule has 3 aromatic rings. The van der Waals surface area contributed by atoms with Gasteiger partial charge in [0, 0.05) is 16.5 Å². The molecular weight excluding hydrogens is 392 g/mol. The lowest BCUT2D eigenvalue weighted by atomic mass is 10.2. The zero-order valence-corrected chi connectivity index (χ0v) is 16.4. The molecule has 0 aliphatic rings. The van der Waals surface area contributed by atoms with Crippen LogP contribution in [0.1, 0.15) is 6.92 Å². The topological polar surface area (TPSA) is 69.0 Å². The Morgan fingerprint density at radius 2 is 1.81 bits per heavy atom. The number of aromatic nitrogens is 2. The summed E-state index contributed by atoms with van der Waals surface area (Å²) in [4.78, 5) is 17.6. The van der Waals surface area contributed by atoms with E-state index in [1.165, 1.54) is 16.3 Å². The molecule has 1 aromatic heterocycles. The van der Waals surface area contributed by atoms with Gasteiger partial charge in [-0.15, -0.1) is 0 Å². The van der Waals surface area contributed by atoms with Crippen LogP contribution < -0.4 is 5.56 Å². The van der Waals surface area contributed by atoms with Gasteiger partial charge in [-0.25, -0.2) is 13.4 Å². The van der Waals surface area contributed by atoms with E-state index in [1.807, 2.05) is 6.07 Å². The zero-order chi connectivity index (χ0) is 18.7. The van der Waals surface area contributed by atoms with Crippen molar-refractivity contribution < 1.29 is 8.42 Å². The Balaban J connectivity index is 2.09. The molecule has 0 saturated heterocycles. The smallest absolute Gasteiger partial charge is 0.266 e. The highest BCUT2D eigenvalue weighted by molar-refractivity contribution is 8.00. The molecule has 8 heteroatoms. The van der Waals surface area contributed by atoms with Gasteiger partial charge in [-0.3, -0.25) is 9.36 Å². The maximum absolute atomic E-state index is 13.0. The minimum Gasteiger partial charge on any atom is -0.268 e. The Morgan fingerprint density at radius 3 is 2.50 bits per heavy atom. The first kappa shape index (κ1) is 18.9. The quantitative estimate of drug-likeness (QED) is 0.460. The van der Waals surface area contributed by atoms with Gasteiger partial charge >= 0.3 is 0 Å². The van der Waals surface area contributed by atoms with Crippen LogP contribution in [0.3, 0.4) is 0 Å². The van der Waals surface area contributed by atoms with Crippen molar-refractivity contribution in [2.75, 3.05) is 17.3 Å². The van der Waals surface area contributed by atoms with Crippen LogP contribution >= 0.6 is 23.4 Å². The number of benzene rings is 2. The Morgan fingerprint density at radius 1 is 1.12 bits per heavy atom. The van der Waals surface area contributed by atoms with Gasteiger partial charge in [-0.1, -0.05) is 42.4 Å². The fourth-order valence-electron chi connectivity index (χ4n) is 2.43. The Kier molecular flexibility index (Phi) is 5.70. The van der Waals surface area contributed by atoms with Crippen molar-refractivity contribution in [3.63, 3.8) is 0 Å². The third-order valence-corrected chi connectivity index (χ3v) is 7.05. The molecule has 0 aliphatic carbocycles. The SMILES string of the molecule is CCS(=O)(=O)CCSc1nc2ccccc2c(=O)n1-c1ccc(Cl)cc1. The molecule has 0 spiro atoms. The van der Waals surface area contributed by atoms with Gasteiger partial charge in [0.05, 0.1) is 22.3 Å². The maximum atomic E-state index is 13.0. The number of para-hydroxylation sites is 1. The lowest BCUT2D eigenvalue weighted by molar-refractivity contribution is 0.598. The van der Waals surface area contributed by atoms with Crippen molar-refractivity contribution in [2.24, 2.45) is 0 Å². The number of rotatable bonds is 6. The standard InChI is InChI=1S/C18H17ClN2O3S2/c1-2-26(23,24)12-11-25-18-20-16-6-4-3-5-15(16)17(22)21(18)14-9-7-13(19)8-10-14/h3-10H,2,11-12H2,1H3. The van der Waals surface area contributed by atoms with Crippen LogP contribution in [0.2, 0.25) is 5.02 Å². The van der Waals surface area contributed by atoms with E-state index in [2.05, 4.69) is 4.98 Å². The minimum atomic E-state index is -3.08. The summed E-state index contributed by atoms with van der Waals surface area (Å²) in [5, 5.41) is 1.54. The molecule has 0 amide bonds. The van der Waals surface area contributed by atoms with E-state index < -0.39 is 9.84 Å². The van der Waals surface area contributed by atoms with Gasteiger partial charge in [0.2, 0.25) is 0 Å². The summed E-state index contributed by atoms with van der Waals surface area (Å²) in [5.74, 6) is 0.467. The summed E-state index contributed by atoms with van der Waals surface area (Å²) in [6, 6.07) is 14.0. The van der Waals surface area contributed by atoms with Crippen molar-refractivity contribution in [3.8, 4) is 5.69 Å².